The van der Waals surface area contributed by atoms with Gasteiger partial charge in [0.15, 0.2) is 11.0 Å². The van der Waals surface area contributed by atoms with E-state index in [2.05, 4.69) is 10.2 Å². The maximum atomic E-state index is 10.7. The van der Waals surface area contributed by atoms with Crippen molar-refractivity contribution in [2.75, 3.05) is 12.9 Å². The minimum Gasteiger partial charge on any atom is -0.549 e. The zero-order valence-electron chi connectivity index (χ0n) is 12.1. The second-order valence-electron chi connectivity index (χ2n) is 4.48. The number of rotatable bonds is 6. The number of thiophene rings is 1. The molecule has 0 spiro atoms. The Morgan fingerprint density at radius 1 is 1.30 bits per heavy atom. The first-order chi connectivity index (χ1) is 11.2. The third-order valence-electron chi connectivity index (χ3n) is 3.02. The summed E-state index contributed by atoms with van der Waals surface area (Å²) < 4.78 is 7.00. The summed E-state index contributed by atoms with van der Waals surface area (Å²) in [4.78, 5) is 11.7. The van der Waals surface area contributed by atoms with Gasteiger partial charge < -0.3 is 14.6 Å². The number of thioether (sulfide) groups is 1. The van der Waals surface area contributed by atoms with E-state index >= 15 is 0 Å². The van der Waals surface area contributed by atoms with Crippen LogP contribution in [0.15, 0.2) is 46.9 Å². The van der Waals surface area contributed by atoms with Gasteiger partial charge in [-0.25, -0.2) is 0 Å². The number of carbonyl (C=O) groups excluding carboxylic acids is 1. The average molecular weight is 346 g/mol. The minimum absolute atomic E-state index is 0.182. The highest BCUT2D eigenvalue weighted by Gasteiger charge is 2.16. The third-order valence-corrected chi connectivity index (χ3v) is 4.79. The number of carbonyl (C=O) groups is 1. The zero-order valence-corrected chi connectivity index (χ0v) is 13.8. The Labute approximate surface area is 140 Å². The normalized spacial score (nSPS) is 10.7. The number of aliphatic carboxylic acids is 1. The zero-order chi connectivity index (χ0) is 16.2. The van der Waals surface area contributed by atoms with Crippen molar-refractivity contribution in [2.45, 2.75) is 5.16 Å². The van der Waals surface area contributed by atoms with E-state index in [4.69, 9.17) is 4.74 Å². The molecule has 0 amide bonds. The summed E-state index contributed by atoms with van der Waals surface area (Å²) in [5.41, 5.74) is 0.833. The molecule has 3 aromatic rings. The molecule has 2 heterocycles. The van der Waals surface area contributed by atoms with Crippen LogP contribution in [0.5, 0.6) is 5.75 Å². The highest BCUT2D eigenvalue weighted by Crippen LogP contribution is 2.30. The molecule has 0 N–H and O–H groups in total. The SMILES string of the molecule is COc1ccc(-n2c(SCC(=O)[O-])nnc2-c2cccs2)cc1. The van der Waals surface area contributed by atoms with Crippen molar-refractivity contribution in [1.29, 1.82) is 0 Å². The van der Waals surface area contributed by atoms with Crippen LogP contribution in [0.1, 0.15) is 0 Å². The van der Waals surface area contributed by atoms with Crippen LogP contribution in [0, 0.1) is 0 Å². The second-order valence-corrected chi connectivity index (χ2v) is 6.37. The molecular weight excluding hydrogens is 334 g/mol. The molecule has 0 unspecified atom stereocenters. The fraction of sp³-hybridized carbons (Fsp3) is 0.133. The first kappa shape index (κ1) is 15.6. The molecule has 0 saturated heterocycles. The lowest BCUT2D eigenvalue weighted by molar-refractivity contribution is -0.301. The van der Waals surface area contributed by atoms with Gasteiger partial charge in [-0.1, -0.05) is 17.8 Å². The quantitative estimate of drug-likeness (QED) is 0.634. The predicted molar refractivity (Wildman–Crippen MR) is 87.0 cm³/mol. The number of carboxylic acids is 1. The first-order valence-electron chi connectivity index (χ1n) is 6.65. The van der Waals surface area contributed by atoms with Crippen LogP contribution in [0.2, 0.25) is 0 Å². The Morgan fingerprint density at radius 3 is 2.70 bits per heavy atom. The molecule has 0 aliphatic rings. The van der Waals surface area contributed by atoms with E-state index in [-0.39, 0.29) is 5.75 Å². The van der Waals surface area contributed by atoms with Gasteiger partial charge in [0.05, 0.1) is 23.6 Å². The van der Waals surface area contributed by atoms with E-state index in [9.17, 15) is 9.90 Å². The predicted octanol–water partition coefficient (Wildman–Crippen LogP) is 1.85. The van der Waals surface area contributed by atoms with Crippen LogP contribution >= 0.6 is 23.1 Å². The largest absolute Gasteiger partial charge is 0.549 e. The molecule has 8 heteroatoms. The molecule has 0 aliphatic heterocycles. The number of ether oxygens (including phenoxy) is 1. The van der Waals surface area contributed by atoms with Gasteiger partial charge in [-0.3, -0.25) is 4.57 Å². The molecule has 2 aromatic heterocycles. The average Bonchev–Trinajstić information content (AvgIpc) is 3.22. The van der Waals surface area contributed by atoms with E-state index < -0.39 is 5.97 Å². The van der Waals surface area contributed by atoms with Crippen LogP contribution in [0.3, 0.4) is 0 Å². The number of carboxylic acid groups (broad SMARTS) is 1. The molecule has 6 nitrogen and oxygen atoms in total. The standard InChI is InChI=1S/C15H13N3O3S2/c1-21-11-6-4-10(5-7-11)18-14(12-3-2-8-22-12)16-17-15(18)23-9-13(19)20/h2-8H,9H2,1H3,(H,19,20)/p-1. The lowest BCUT2D eigenvalue weighted by Gasteiger charge is -2.10. The molecular formula is C15H12N3O3S2-. The van der Waals surface area contributed by atoms with E-state index in [1.807, 2.05) is 46.3 Å². The molecule has 1 aromatic carbocycles. The summed E-state index contributed by atoms with van der Waals surface area (Å²) in [7, 11) is 1.60. The molecule has 118 valence electrons. The Kier molecular flexibility index (Phi) is 4.63. The highest BCUT2D eigenvalue weighted by atomic mass is 32.2. The van der Waals surface area contributed by atoms with E-state index in [0.717, 1.165) is 28.1 Å². The summed E-state index contributed by atoms with van der Waals surface area (Å²) in [5.74, 6) is 0.0880. The van der Waals surface area contributed by atoms with E-state index in [1.165, 1.54) is 0 Å². The Bertz CT molecular complexity index is 798. The Hall–Kier alpha value is -2.32. The monoisotopic (exact) mass is 346 g/mol. The molecule has 0 aliphatic carbocycles. The number of aromatic nitrogens is 3. The lowest BCUT2D eigenvalue weighted by atomic mass is 10.3. The van der Waals surface area contributed by atoms with Gasteiger partial charge in [0, 0.05) is 5.75 Å². The van der Waals surface area contributed by atoms with Crippen LogP contribution < -0.4 is 9.84 Å². The second kappa shape index (κ2) is 6.84. The van der Waals surface area contributed by atoms with Crippen molar-refractivity contribution in [3.05, 3.63) is 41.8 Å². The lowest BCUT2D eigenvalue weighted by Crippen LogP contribution is -2.24. The van der Waals surface area contributed by atoms with Gasteiger partial charge in [0.2, 0.25) is 0 Å². The Balaban J connectivity index is 2.06. The molecule has 0 saturated carbocycles. The van der Waals surface area contributed by atoms with Crippen LogP contribution in [0.25, 0.3) is 16.4 Å². The number of methoxy groups -OCH3 is 1. The van der Waals surface area contributed by atoms with E-state index in [0.29, 0.717) is 11.0 Å². The molecule has 0 radical (unpaired) electrons. The van der Waals surface area contributed by atoms with Crippen molar-refractivity contribution < 1.29 is 14.6 Å². The van der Waals surface area contributed by atoms with Gasteiger partial charge >= 0.3 is 0 Å². The third kappa shape index (κ3) is 3.38. The van der Waals surface area contributed by atoms with Crippen LogP contribution in [-0.2, 0) is 4.79 Å². The fourth-order valence-electron chi connectivity index (χ4n) is 2.02. The maximum absolute atomic E-state index is 10.7. The Morgan fingerprint density at radius 2 is 2.09 bits per heavy atom. The maximum Gasteiger partial charge on any atom is 0.196 e. The molecule has 0 fully saturated rings. The summed E-state index contributed by atoms with van der Waals surface area (Å²) in [6.07, 6.45) is 0. The number of hydrogen-bond acceptors (Lipinski definition) is 7. The number of nitrogens with zero attached hydrogens (tertiary/aromatic N) is 3. The highest BCUT2D eigenvalue weighted by molar-refractivity contribution is 7.99. The van der Waals surface area contributed by atoms with E-state index in [1.54, 1.807) is 18.4 Å². The molecule has 0 bridgehead atoms. The first-order valence-corrected chi connectivity index (χ1v) is 8.52. The van der Waals surface area contributed by atoms with Crippen LogP contribution in [-0.4, -0.2) is 33.6 Å². The van der Waals surface area contributed by atoms with Crippen molar-refractivity contribution in [3.8, 4) is 22.1 Å². The van der Waals surface area contributed by atoms with Gasteiger partial charge in [0.1, 0.15) is 5.75 Å². The number of benzene rings is 1. The smallest absolute Gasteiger partial charge is 0.196 e. The molecule has 0 atom stereocenters. The minimum atomic E-state index is -1.14. The topological polar surface area (TPSA) is 80.1 Å². The fourth-order valence-corrected chi connectivity index (χ4v) is 3.38. The number of hydrogen-bond donors (Lipinski definition) is 0. The summed E-state index contributed by atoms with van der Waals surface area (Å²) in [6.45, 7) is 0. The summed E-state index contributed by atoms with van der Waals surface area (Å²) >= 11 is 2.62. The molecule has 3 rings (SSSR count). The van der Waals surface area contributed by atoms with Gasteiger partial charge in [0.25, 0.3) is 0 Å². The van der Waals surface area contributed by atoms with Crippen LogP contribution in [0.4, 0.5) is 0 Å². The van der Waals surface area contributed by atoms with Crippen molar-refractivity contribution in [1.82, 2.24) is 14.8 Å². The summed E-state index contributed by atoms with van der Waals surface area (Å²) in [6, 6.07) is 11.3. The van der Waals surface area contributed by atoms with Gasteiger partial charge in [-0.05, 0) is 35.7 Å². The van der Waals surface area contributed by atoms with Crippen molar-refractivity contribution in [2.24, 2.45) is 0 Å². The van der Waals surface area contributed by atoms with Gasteiger partial charge in [-0.2, -0.15) is 0 Å². The van der Waals surface area contributed by atoms with Gasteiger partial charge in [-0.15, -0.1) is 21.5 Å². The molecule has 23 heavy (non-hydrogen) atoms. The summed E-state index contributed by atoms with van der Waals surface area (Å²) in [5, 5.41) is 21.5. The van der Waals surface area contributed by atoms with Crippen molar-refractivity contribution in [3.63, 3.8) is 0 Å². The van der Waals surface area contributed by atoms with Crippen molar-refractivity contribution >= 4 is 29.1 Å².